The summed E-state index contributed by atoms with van der Waals surface area (Å²) in [4.78, 5) is 9.06. The summed E-state index contributed by atoms with van der Waals surface area (Å²) in [5, 5.41) is 3.05. The number of hydrogen-bond donors (Lipinski definition) is 0. The highest BCUT2D eigenvalue weighted by Gasteiger charge is 2.08. The largest absolute Gasteiger partial charge is 0.475 e. The van der Waals surface area contributed by atoms with Gasteiger partial charge in [-0.25, -0.2) is 4.98 Å². The molecule has 2 aromatic heterocycles. The van der Waals surface area contributed by atoms with Gasteiger partial charge in [-0.3, -0.25) is 0 Å². The summed E-state index contributed by atoms with van der Waals surface area (Å²) >= 11 is 7.35. The molecule has 0 fully saturated rings. The predicted molar refractivity (Wildman–Crippen MR) is 73.6 cm³/mol. The molecule has 0 saturated carbocycles. The van der Waals surface area contributed by atoms with Gasteiger partial charge >= 0.3 is 0 Å². The molecular weight excluding hydrogens is 272 g/mol. The van der Waals surface area contributed by atoms with Gasteiger partial charge in [0.2, 0.25) is 11.2 Å². The van der Waals surface area contributed by atoms with Crippen LogP contribution in [-0.4, -0.2) is 29.8 Å². The summed E-state index contributed by atoms with van der Waals surface area (Å²) < 4.78 is 11.0. The van der Waals surface area contributed by atoms with E-state index in [2.05, 4.69) is 23.8 Å². The van der Waals surface area contributed by atoms with E-state index in [1.54, 1.807) is 0 Å². The van der Waals surface area contributed by atoms with Gasteiger partial charge in [-0.1, -0.05) is 13.8 Å². The van der Waals surface area contributed by atoms with Crippen molar-refractivity contribution in [2.24, 2.45) is 5.92 Å². The summed E-state index contributed by atoms with van der Waals surface area (Å²) in [6.07, 6.45) is 0. The van der Waals surface area contributed by atoms with E-state index in [9.17, 15) is 0 Å². The summed E-state index contributed by atoms with van der Waals surface area (Å²) in [6, 6.07) is 1.93. The standard InChI is InChI=1S/C12H15ClN2O2S/c1-8(2)7-16-4-5-17-10-9-3-6-18-11(9)15-12(13)14-10/h3,6,8H,4-5,7H2,1-2H3. The van der Waals surface area contributed by atoms with Crippen LogP contribution in [0.25, 0.3) is 10.2 Å². The molecule has 0 radical (unpaired) electrons. The molecule has 98 valence electrons. The molecule has 0 spiro atoms. The van der Waals surface area contributed by atoms with Crippen LogP contribution in [0.4, 0.5) is 0 Å². The highest BCUT2D eigenvalue weighted by atomic mass is 35.5. The molecule has 0 amide bonds. The number of aromatic nitrogens is 2. The Morgan fingerprint density at radius 3 is 2.94 bits per heavy atom. The van der Waals surface area contributed by atoms with Gasteiger partial charge < -0.3 is 9.47 Å². The van der Waals surface area contributed by atoms with Crippen molar-refractivity contribution in [3.05, 3.63) is 16.7 Å². The van der Waals surface area contributed by atoms with Crippen molar-refractivity contribution < 1.29 is 9.47 Å². The summed E-state index contributed by atoms with van der Waals surface area (Å²) in [5.74, 6) is 1.06. The molecule has 18 heavy (non-hydrogen) atoms. The molecule has 2 aromatic rings. The minimum atomic E-state index is 0.211. The fourth-order valence-corrected chi connectivity index (χ4v) is 2.40. The molecule has 2 heterocycles. The minimum Gasteiger partial charge on any atom is -0.475 e. The van der Waals surface area contributed by atoms with E-state index in [0.29, 0.717) is 25.0 Å². The first-order valence-corrected chi connectivity index (χ1v) is 7.04. The molecule has 0 saturated heterocycles. The monoisotopic (exact) mass is 286 g/mol. The Hall–Kier alpha value is -0.910. The Bertz CT molecular complexity index is 516. The average molecular weight is 287 g/mol. The lowest BCUT2D eigenvalue weighted by molar-refractivity contribution is 0.0811. The zero-order valence-electron chi connectivity index (χ0n) is 10.4. The molecule has 0 aliphatic heterocycles. The topological polar surface area (TPSA) is 44.2 Å². The Balaban J connectivity index is 1.93. The molecule has 0 aromatic carbocycles. The van der Waals surface area contributed by atoms with E-state index in [-0.39, 0.29) is 5.28 Å². The molecule has 0 aliphatic carbocycles. The maximum Gasteiger partial charge on any atom is 0.227 e. The second-order valence-electron chi connectivity index (χ2n) is 4.25. The van der Waals surface area contributed by atoms with Gasteiger partial charge in [-0.2, -0.15) is 4.98 Å². The van der Waals surface area contributed by atoms with Crippen molar-refractivity contribution >= 4 is 33.2 Å². The van der Waals surface area contributed by atoms with Crippen LogP contribution in [0.2, 0.25) is 5.28 Å². The van der Waals surface area contributed by atoms with Gasteiger partial charge in [0.1, 0.15) is 11.4 Å². The molecule has 0 aliphatic rings. The third-order valence-electron chi connectivity index (χ3n) is 2.18. The number of thiophene rings is 1. The summed E-state index contributed by atoms with van der Waals surface area (Å²) in [6.45, 7) is 5.97. The summed E-state index contributed by atoms with van der Waals surface area (Å²) in [7, 11) is 0. The number of rotatable bonds is 6. The van der Waals surface area contributed by atoms with Gasteiger partial charge in [0.25, 0.3) is 0 Å². The van der Waals surface area contributed by atoms with Gasteiger partial charge in [-0.05, 0) is 29.0 Å². The first-order valence-electron chi connectivity index (χ1n) is 5.78. The Morgan fingerprint density at radius 2 is 2.17 bits per heavy atom. The Kier molecular flexibility index (Phi) is 4.74. The number of fused-ring (bicyclic) bond motifs is 1. The van der Waals surface area contributed by atoms with Crippen molar-refractivity contribution in [3.8, 4) is 5.88 Å². The molecule has 0 unspecified atom stereocenters. The second kappa shape index (κ2) is 6.31. The predicted octanol–water partition coefficient (Wildman–Crippen LogP) is 3.40. The van der Waals surface area contributed by atoms with E-state index in [1.165, 1.54) is 11.3 Å². The van der Waals surface area contributed by atoms with Gasteiger partial charge in [0.15, 0.2) is 0 Å². The van der Waals surface area contributed by atoms with Crippen molar-refractivity contribution in [1.82, 2.24) is 9.97 Å². The van der Waals surface area contributed by atoms with Crippen LogP contribution in [-0.2, 0) is 4.74 Å². The van der Waals surface area contributed by atoms with Crippen LogP contribution in [0.15, 0.2) is 11.4 Å². The minimum absolute atomic E-state index is 0.211. The third-order valence-corrected chi connectivity index (χ3v) is 3.16. The van der Waals surface area contributed by atoms with E-state index in [0.717, 1.165) is 16.8 Å². The lowest BCUT2D eigenvalue weighted by atomic mass is 10.2. The van der Waals surface area contributed by atoms with Crippen LogP contribution < -0.4 is 4.74 Å². The quantitative estimate of drug-likeness (QED) is 0.603. The molecule has 4 nitrogen and oxygen atoms in total. The van der Waals surface area contributed by atoms with Crippen LogP contribution in [0, 0.1) is 5.92 Å². The van der Waals surface area contributed by atoms with Gasteiger partial charge in [0, 0.05) is 6.61 Å². The van der Waals surface area contributed by atoms with E-state index < -0.39 is 0 Å². The Morgan fingerprint density at radius 1 is 1.33 bits per heavy atom. The highest BCUT2D eigenvalue weighted by Crippen LogP contribution is 2.27. The maximum atomic E-state index is 5.84. The zero-order valence-corrected chi connectivity index (χ0v) is 11.9. The SMILES string of the molecule is CC(C)COCCOc1nc(Cl)nc2sccc12. The van der Waals surface area contributed by atoms with Crippen LogP contribution >= 0.6 is 22.9 Å². The molecule has 0 N–H and O–H groups in total. The van der Waals surface area contributed by atoms with Crippen LogP contribution in [0.3, 0.4) is 0 Å². The average Bonchev–Trinajstić information content (AvgIpc) is 2.75. The number of nitrogens with zero attached hydrogens (tertiary/aromatic N) is 2. The highest BCUT2D eigenvalue weighted by molar-refractivity contribution is 7.16. The zero-order chi connectivity index (χ0) is 13.0. The van der Waals surface area contributed by atoms with E-state index >= 15 is 0 Å². The lowest BCUT2D eigenvalue weighted by Crippen LogP contribution is -2.11. The van der Waals surface area contributed by atoms with Crippen LogP contribution in [0.5, 0.6) is 5.88 Å². The molecular formula is C12H15ClN2O2S. The van der Waals surface area contributed by atoms with Crippen molar-refractivity contribution in [3.63, 3.8) is 0 Å². The summed E-state index contributed by atoms with van der Waals surface area (Å²) in [5.41, 5.74) is 0. The lowest BCUT2D eigenvalue weighted by Gasteiger charge is -2.08. The number of hydrogen-bond acceptors (Lipinski definition) is 5. The second-order valence-corrected chi connectivity index (χ2v) is 5.49. The Labute approximate surface area is 115 Å². The normalized spacial score (nSPS) is 11.3. The maximum absolute atomic E-state index is 5.84. The number of halogens is 1. The third kappa shape index (κ3) is 3.54. The fourth-order valence-electron chi connectivity index (χ4n) is 1.43. The van der Waals surface area contributed by atoms with E-state index in [1.807, 2.05) is 11.4 Å². The first kappa shape index (κ1) is 13.5. The molecule has 6 heteroatoms. The van der Waals surface area contributed by atoms with Crippen LogP contribution in [0.1, 0.15) is 13.8 Å². The van der Waals surface area contributed by atoms with Crippen molar-refractivity contribution in [1.29, 1.82) is 0 Å². The molecule has 2 rings (SSSR count). The molecule has 0 bridgehead atoms. The fraction of sp³-hybridized carbons (Fsp3) is 0.500. The van der Waals surface area contributed by atoms with Gasteiger partial charge in [0.05, 0.1) is 12.0 Å². The molecule has 0 atom stereocenters. The smallest absolute Gasteiger partial charge is 0.227 e. The van der Waals surface area contributed by atoms with Crippen molar-refractivity contribution in [2.75, 3.05) is 19.8 Å². The van der Waals surface area contributed by atoms with Crippen molar-refractivity contribution in [2.45, 2.75) is 13.8 Å². The van der Waals surface area contributed by atoms with E-state index in [4.69, 9.17) is 21.1 Å². The van der Waals surface area contributed by atoms with Gasteiger partial charge in [-0.15, -0.1) is 11.3 Å². The number of ether oxygens (including phenoxy) is 2. The first-order chi connectivity index (χ1) is 8.66.